The summed E-state index contributed by atoms with van der Waals surface area (Å²) in [7, 11) is 3.03. The van der Waals surface area contributed by atoms with Crippen LogP contribution in [0.2, 0.25) is 0 Å². The molecule has 0 spiro atoms. The number of ether oxygens (including phenoxy) is 1. The Morgan fingerprint density at radius 2 is 1.90 bits per heavy atom. The predicted octanol–water partition coefficient (Wildman–Crippen LogP) is 4.22. The summed E-state index contributed by atoms with van der Waals surface area (Å²) in [6.07, 6.45) is -0.220. The number of alkyl halides is 1. The number of carbonyl (C=O) groups excluding carboxylic acids is 3. The van der Waals surface area contributed by atoms with Crippen molar-refractivity contribution in [3.05, 3.63) is 69.9 Å². The number of carbonyl (C=O) groups is 3. The van der Waals surface area contributed by atoms with Gasteiger partial charge in [0.25, 0.3) is 5.91 Å². The van der Waals surface area contributed by atoms with E-state index in [1.807, 2.05) is 41.8 Å². The van der Waals surface area contributed by atoms with E-state index in [0.717, 1.165) is 25.0 Å². The number of nitrogens with zero attached hydrogens (tertiary/aromatic N) is 1. The van der Waals surface area contributed by atoms with Crippen LogP contribution >= 0.6 is 22.7 Å². The topological polar surface area (TPSA) is 124 Å². The highest BCUT2D eigenvalue weighted by Crippen LogP contribution is 2.34. The summed E-state index contributed by atoms with van der Waals surface area (Å²) >= 11 is 2.98. The minimum atomic E-state index is -1.90. The number of rotatable bonds is 9. The molecule has 0 radical (unpaired) electrons. The van der Waals surface area contributed by atoms with Gasteiger partial charge in [-0.2, -0.15) is 0 Å². The SMILES string of the molecule is CNC(=N)c1csc([C@@H](C)NC(=O)C2C[C@](F)(COC)CN2C(=O)CNC(=O)c2ccc3c(c2)sc2ccccc23)c1. The van der Waals surface area contributed by atoms with Gasteiger partial charge in [-0.15, -0.1) is 22.7 Å². The zero-order valence-electron chi connectivity index (χ0n) is 23.5. The number of likely N-dealkylation sites (tertiary alicyclic amines) is 1. The fraction of sp³-hybridized carbons (Fsp3) is 0.333. The van der Waals surface area contributed by atoms with Gasteiger partial charge in [-0.3, -0.25) is 19.8 Å². The van der Waals surface area contributed by atoms with Gasteiger partial charge in [-0.25, -0.2) is 4.39 Å². The lowest BCUT2D eigenvalue weighted by atomic mass is 10.0. The van der Waals surface area contributed by atoms with Gasteiger partial charge in [-0.1, -0.05) is 24.3 Å². The molecule has 9 nitrogen and oxygen atoms in total. The van der Waals surface area contributed by atoms with Crippen LogP contribution in [-0.2, 0) is 14.3 Å². The molecule has 2 aromatic heterocycles. The molecule has 3 amide bonds. The van der Waals surface area contributed by atoms with Crippen molar-refractivity contribution < 1.29 is 23.5 Å². The second-order valence-electron chi connectivity index (χ2n) is 10.4. The number of fused-ring (bicyclic) bond motifs is 3. The highest BCUT2D eigenvalue weighted by Gasteiger charge is 2.49. The lowest BCUT2D eigenvalue weighted by Gasteiger charge is -2.25. The van der Waals surface area contributed by atoms with Crippen LogP contribution in [0.1, 0.15) is 40.2 Å². The Hall–Kier alpha value is -3.87. The number of halogens is 1. The summed E-state index contributed by atoms with van der Waals surface area (Å²) in [5.74, 6) is -1.22. The molecule has 220 valence electrons. The van der Waals surface area contributed by atoms with E-state index in [0.29, 0.717) is 11.1 Å². The average Bonchev–Trinajstić information content (AvgIpc) is 3.71. The van der Waals surface area contributed by atoms with Crippen LogP contribution in [-0.4, -0.2) is 74.0 Å². The van der Waals surface area contributed by atoms with Crippen LogP contribution in [0.4, 0.5) is 4.39 Å². The van der Waals surface area contributed by atoms with Crippen molar-refractivity contribution in [2.45, 2.75) is 31.1 Å². The van der Waals surface area contributed by atoms with Crippen LogP contribution in [0.3, 0.4) is 0 Å². The van der Waals surface area contributed by atoms with Crippen molar-refractivity contribution in [3.63, 3.8) is 0 Å². The van der Waals surface area contributed by atoms with Crippen LogP contribution < -0.4 is 16.0 Å². The Morgan fingerprint density at radius 3 is 2.67 bits per heavy atom. The third-order valence-corrected chi connectivity index (χ3v) is 9.65. The summed E-state index contributed by atoms with van der Waals surface area (Å²) in [5.41, 5.74) is -0.794. The number of thiophene rings is 2. The molecule has 1 aliphatic heterocycles. The number of amides is 3. The van der Waals surface area contributed by atoms with E-state index >= 15 is 4.39 Å². The molecular formula is C30H32FN5O4S2. The first-order valence-electron chi connectivity index (χ1n) is 13.4. The van der Waals surface area contributed by atoms with Crippen molar-refractivity contribution in [2.24, 2.45) is 0 Å². The van der Waals surface area contributed by atoms with Crippen LogP contribution in [0, 0.1) is 5.41 Å². The number of hydrogen-bond donors (Lipinski definition) is 4. The third-order valence-electron chi connectivity index (χ3n) is 7.40. The van der Waals surface area contributed by atoms with E-state index in [1.54, 1.807) is 37.4 Å². The zero-order valence-corrected chi connectivity index (χ0v) is 25.1. The fourth-order valence-corrected chi connectivity index (χ4v) is 7.31. The molecule has 0 saturated carbocycles. The molecule has 12 heteroatoms. The standard InChI is InChI=1S/C30H32FN5O4S2/c1-17(24-11-19(14-41-24)27(32)33-2)35-29(39)22-12-30(31,16-40-3)15-36(22)26(37)13-34-28(38)18-8-9-21-20-6-4-5-7-23(20)42-25(21)10-18/h4-11,14,17,22H,12-13,15-16H2,1-3H3,(H2,32,33)(H,34,38)(H,35,39)/t17-,22?,30-/m1/s1. The molecule has 1 aliphatic rings. The summed E-state index contributed by atoms with van der Waals surface area (Å²) in [4.78, 5) is 41.6. The maximum atomic E-state index is 15.6. The third kappa shape index (κ3) is 6.01. The van der Waals surface area contributed by atoms with Gasteiger partial charge in [0, 0.05) is 62.1 Å². The lowest BCUT2D eigenvalue weighted by Crippen LogP contribution is -2.49. The van der Waals surface area contributed by atoms with E-state index < -0.39 is 35.5 Å². The summed E-state index contributed by atoms with van der Waals surface area (Å²) in [5, 5.41) is 20.2. The van der Waals surface area contributed by atoms with E-state index in [9.17, 15) is 14.4 Å². The Kier molecular flexibility index (Phi) is 8.58. The van der Waals surface area contributed by atoms with Crippen molar-refractivity contribution in [1.29, 1.82) is 5.41 Å². The highest BCUT2D eigenvalue weighted by molar-refractivity contribution is 7.25. The summed E-state index contributed by atoms with van der Waals surface area (Å²) in [6, 6.07) is 13.7. The summed E-state index contributed by atoms with van der Waals surface area (Å²) < 4.78 is 22.7. The minimum absolute atomic E-state index is 0.220. The predicted molar refractivity (Wildman–Crippen MR) is 164 cm³/mol. The van der Waals surface area contributed by atoms with Crippen molar-refractivity contribution in [1.82, 2.24) is 20.9 Å². The van der Waals surface area contributed by atoms with Gasteiger partial charge in [0.05, 0.1) is 25.7 Å². The molecule has 0 aliphatic carbocycles. The molecule has 42 heavy (non-hydrogen) atoms. The first-order chi connectivity index (χ1) is 20.1. The first kappa shape index (κ1) is 29.6. The molecule has 3 heterocycles. The van der Waals surface area contributed by atoms with Gasteiger partial charge in [0.15, 0.2) is 5.67 Å². The molecule has 1 unspecified atom stereocenters. The molecule has 4 N–H and O–H groups in total. The van der Waals surface area contributed by atoms with E-state index in [1.165, 1.54) is 23.3 Å². The second kappa shape index (κ2) is 12.2. The Balaban J connectivity index is 1.26. The van der Waals surface area contributed by atoms with E-state index in [-0.39, 0.29) is 32.0 Å². The smallest absolute Gasteiger partial charge is 0.251 e. The number of methoxy groups -OCH3 is 1. The normalized spacial score (nSPS) is 19.1. The van der Waals surface area contributed by atoms with Gasteiger partial charge in [-0.05, 0) is 31.2 Å². The maximum Gasteiger partial charge on any atom is 0.251 e. The average molecular weight is 610 g/mol. The molecule has 1 saturated heterocycles. The molecule has 4 aromatic rings. The molecule has 2 aromatic carbocycles. The quantitative estimate of drug-likeness (QED) is 0.167. The Morgan fingerprint density at radius 1 is 1.14 bits per heavy atom. The van der Waals surface area contributed by atoms with Crippen molar-refractivity contribution in [3.8, 4) is 0 Å². The number of nitrogens with one attached hydrogen (secondary N) is 4. The monoisotopic (exact) mass is 609 g/mol. The molecule has 5 rings (SSSR count). The van der Waals surface area contributed by atoms with E-state index in [2.05, 4.69) is 16.0 Å². The Bertz CT molecular complexity index is 1670. The van der Waals surface area contributed by atoms with Gasteiger partial charge in [0.1, 0.15) is 11.9 Å². The molecule has 3 atom stereocenters. The van der Waals surface area contributed by atoms with E-state index in [4.69, 9.17) is 10.1 Å². The second-order valence-corrected chi connectivity index (χ2v) is 12.4. The van der Waals surface area contributed by atoms with Crippen molar-refractivity contribution in [2.75, 3.05) is 33.9 Å². The zero-order chi connectivity index (χ0) is 30.0. The largest absolute Gasteiger partial charge is 0.381 e. The minimum Gasteiger partial charge on any atom is -0.381 e. The first-order valence-corrected chi connectivity index (χ1v) is 15.1. The maximum absolute atomic E-state index is 15.6. The highest BCUT2D eigenvalue weighted by atomic mass is 32.1. The Labute approximate surface area is 250 Å². The van der Waals surface area contributed by atoms with Crippen LogP contribution in [0.5, 0.6) is 0 Å². The number of amidine groups is 1. The molecule has 1 fully saturated rings. The van der Waals surface area contributed by atoms with Gasteiger partial charge in [0.2, 0.25) is 11.8 Å². The van der Waals surface area contributed by atoms with Gasteiger partial charge >= 0.3 is 0 Å². The van der Waals surface area contributed by atoms with Gasteiger partial charge < -0.3 is 25.6 Å². The molecule has 0 bridgehead atoms. The number of hydrogen-bond acceptors (Lipinski definition) is 7. The number of benzene rings is 2. The summed E-state index contributed by atoms with van der Waals surface area (Å²) in [6.45, 7) is 0.825. The fourth-order valence-electron chi connectivity index (χ4n) is 5.26. The van der Waals surface area contributed by atoms with Crippen LogP contribution in [0.25, 0.3) is 20.2 Å². The molecular weight excluding hydrogens is 577 g/mol. The lowest BCUT2D eigenvalue weighted by molar-refractivity contribution is -0.138. The van der Waals surface area contributed by atoms with Crippen molar-refractivity contribution >= 4 is 66.4 Å². The van der Waals surface area contributed by atoms with Crippen LogP contribution in [0.15, 0.2) is 53.9 Å².